The number of carbonyl (C=O) groups is 2. The third-order valence-electron chi connectivity index (χ3n) is 3.99. The molecule has 2 amide bonds. The van der Waals surface area contributed by atoms with E-state index in [9.17, 15) is 9.59 Å². The van der Waals surface area contributed by atoms with E-state index in [1.165, 1.54) is 6.07 Å². The smallest absolute Gasteiger partial charge is 0.266 e. The third-order valence-corrected chi connectivity index (χ3v) is 4.54. The quantitative estimate of drug-likeness (QED) is 0.554. The Hall–Kier alpha value is -2.82. The number of hydrogen-bond donors (Lipinski definition) is 0. The average Bonchev–Trinajstić information content (AvgIpc) is 2.89. The standard InChI is InChI=1S/C20H11Cl2NO3/c21-12-6-9-17(22)18(10-12)23-19(24)15-8-7-14(11-16(15)20(23)25)26-13-4-2-1-3-5-13/h1-11H. The van der Waals surface area contributed by atoms with Crippen LogP contribution in [0.1, 0.15) is 20.7 Å². The molecule has 0 saturated heterocycles. The first kappa shape index (κ1) is 16.6. The number of benzene rings is 3. The largest absolute Gasteiger partial charge is 0.457 e. The van der Waals surface area contributed by atoms with E-state index in [4.69, 9.17) is 27.9 Å². The first-order valence-electron chi connectivity index (χ1n) is 7.75. The number of amides is 2. The lowest BCUT2D eigenvalue weighted by Crippen LogP contribution is -2.29. The highest BCUT2D eigenvalue weighted by Gasteiger charge is 2.38. The minimum atomic E-state index is -0.465. The molecule has 0 spiro atoms. The van der Waals surface area contributed by atoms with Gasteiger partial charge in [0.2, 0.25) is 0 Å². The SMILES string of the molecule is O=C1c2ccc(Oc3ccccc3)cc2C(=O)N1c1cc(Cl)ccc1Cl. The predicted molar refractivity (Wildman–Crippen MR) is 101 cm³/mol. The molecule has 0 atom stereocenters. The Kier molecular flexibility index (Phi) is 4.15. The van der Waals surface area contributed by atoms with Crippen LogP contribution in [0.15, 0.2) is 66.7 Å². The van der Waals surface area contributed by atoms with Crippen LogP contribution in [-0.2, 0) is 0 Å². The Labute approximate surface area is 159 Å². The van der Waals surface area contributed by atoms with Crippen LogP contribution in [-0.4, -0.2) is 11.8 Å². The van der Waals surface area contributed by atoms with Gasteiger partial charge in [0, 0.05) is 5.02 Å². The number of ether oxygens (including phenoxy) is 1. The van der Waals surface area contributed by atoms with E-state index >= 15 is 0 Å². The van der Waals surface area contributed by atoms with Gasteiger partial charge < -0.3 is 4.74 Å². The van der Waals surface area contributed by atoms with Crippen molar-refractivity contribution in [2.75, 3.05) is 4.90 Å². The van der Waals surface area contributed by atoms with Crippen LogP contribution < -0.4 is 9.64 Å². The number of rotatable bonds is 3. The molecular formula is C20H11Cl2NO3. The van der Waals surface area contributed by atoms with Gasteiger partial charge in [-0.2, -0.15) is 0 Å². The summed E-state index contributed by atoms with van der Waals surface area (Å²) >= 11 is 12.1. The summed E-state index contributed by atoms with van der Waals surface area (Å²) in [5.74, 6) is 0.196. The molecule has 128 valence electrons. The van der Waals surface area contributed by atoms with Crippen molar-refractivity contribution in [3.05, 3.63) is 87.9 Å². The highest BCUT2D eigenvalue weighted by Crippen LogP contribution is 2.36. The van der Waals surface area contributed by atoms with Crippen LogP contribution in [0.3, 0.4) is 0 Å². The van der Waals surface area contributed by atoms with Crippen LogP contribution in [0.5, 0.6) is 11.5 Å². The maximum absolute atomic E-state index is 12.8. The molecule has 3 aromatic carbocycles. The van der Waals surface area contributed by atoms with Crippen LogP contribution in [0.2, 0.25) is 10.0 Å². The Morgan fingerprint density at radius 2 is 1.46 bits per heavy atom. The molecule has 0 aliphatic carbocycles. The molecule has 0 aromatic heterocycles. The molecule has 1 aliphatic heterocycles. The van der Waals surface area contributed by atoms with Gasteiger partial charge in [0.15, 0.2) is 0 Å². The summed E-state index contributed by atoms with van der Waals surface area (Å²) in [5, 5.41) is 0.652. The second-order valence-corrected chi connectivity index (χ2v) is 6.51. The molecule has 0 saturated carbocycles. The zero-order valence-corrected chi connectivity index (χ0v) is 14.8. The van der Waals surface area contributed by atoms with E-state index in [0.717, 1.165) is 4.90 Å². The molecule has 1 aliphatic rings. The van der Waals surface area contributed by atoms with Crippen LogP contribution in [0.4, 0.5) is 5.69 Å². The van der Waals surface area contributed by atoms with Crippen LogP contribution in [0, 0.1) is 0 Å². The molecule has 0 radical (unpaired) electrons. The topological polar surface area (TPSA) is 46.6 Å². The van der Waals surface area contributed by atoms with E-state index in [-0.39, 0.29) is 16.3 Å². The highest BCUT2D eigenvalue weighted by atomic mass is 35.5. The fourth-order valence-corrected chi connectivity index (χ4v) is 3.15. The van der Waals surface area contributed by atoms with E-state index in [1.54, 1.807) is 42.5 Å². The van der Waals surface area contributed by atoms with Crippen molar-refractivity contribution in [1.29, 1.82) is 0 Å². The summed E-state index contributed by atoms with van der Waals surface area (Å²) in [6.07, 6.45) is 0. The lowest BCUT2D eigenvalue weighted by molar-refractivity contribution is 0.0926. The molecule has 0 unspecified atom stereocenters. The number of imide groups is 1. The molecule has 0 bridgehead atoms. The molecule has 26 heavy (non-hydrogen) atoms. The summed E-state index contributed by atoms with van der Waals surface area (Å²) in [6, 6.07) is 18.6. The zero-order valence-electron chi connectivity index (χ0n) is 13.3. The molecule has 1 heterocycles. The monoisotopic (exact) mass is 383 g/mol. The molecule has 3 aromatic rings. The fourth-order valence-electron chi connectivity index (χ4n) is 2.78. The summed E-state index contributed by atoms with van der Waals surface area (Å²) in [4.78, 5) is 26.6. The van der Waals surface area contributed by atoms with Crippen molar-refractivity contribution in [2.24, 2.45) is 0 Å². The number of anilines is 1. The molecule has 0 N–H and O–H groups in total. The fraction of sp³-hybridized carbons (Fsp3) is 0. The van der Waals surface area contributed by atoms with Gasteiger partial charge >= 0.3 is 0 Å². The van der Waals surface area contributed by atoms with Crippen molar-refractivity contribution < 1.29 is 14.3 Å². The lowest BCUT2D eigenvalue weighted by atomic mass is 10.1. The second kappa shape index (κ2) is 6.48. The number of fused-ring (bicyclic) bond motifs is 1. The van der Waals surface area contributed by atoms with Gasteiger partial charge in [-0.1, -0.05) is 41.4 Å². The van der Waals surface area contributed by atoms with Gasteiger partial charge in [-0.15, -0.1) is 0 Å². The number of para-hydroxylation sites is 1. The van der Waals surface area contributed by atoms with Gasteiger partial charge in [0.05, 0.1) is 21.8 Å². The first-order valence-corrected chi connectivity index (χ1v) is 8.51. The Bertz CT molecular complexity index is 1030. The molecular weight excluding hydrogens is 373 g/mol. The van der Waals surface area contributed by atoms with Gasteiger partial charge in [-0.25, -0.2) is 4.90 Å². The summed E-state index contributed by atoms with van der Waals surface area (Å²) in [7, 11) is 0. The predicted octanol–water partition coefficient (Wildman–Crippen LogP) is 5.59. The number of nitrogens with zero attached hydrogens (tertiary/aromatic N) is 1. The summed E-state index contributed by atoms with van der Waals surface area (Å²) in [5.41, 5.74) is 0.821. The molecule has 4 nitrogen and oxygen atoms in total. The Morgan fingerprint density at radius 3 is 2.23 bits per heavy atom. The van der Waals surface area contributed by atoms with Gasteiger partial charge in [-0.05, 0) is 48.5 Å². The van der Waals surface area contributed by atoms with E-state index in [2.05, 4.69) is 0 Å². The highest BCUT2D eigenvalue weighted by molar-refractivity contribution is 6.40. The minimum Gasteiger partial charge on any atom is -0.457 e. The lowest BCUT2D eigenvalue weighted by Gasteiger charge is -2.15. The van der Waals surface area contributed by atoms with Gasteiger partial charge in [0.25, 0.3) is 11.8 Å². The van der Waals surface area contributed by atoms with E-state index in [0.29, 0.717) is 22.1 Å². The zero-order chi connectivity index (χ0) is 18.3. The van der Waals surface area contributed by atoms with E-state index in [1.807, 2.05) is 18.2 Å². The van der Waals surface area contributed by atoms with Crippen molar-refractivity contribution in [3.63, 3.8) is 0 Å². The first-order chi connectivity index (χ1) is 12.5. The Morgan fingerprint density at radius 1 is 0.731 bits per heavy atom. The normalized spacial score (nSPS) is 13.1. The number of halogens is 2. The summed E-state index contributed by atoms with van der Waals surface area (Å²) < 4.78 is 5.74. The third kappa shape index (κ3) is 2.83. The van der Waals surface area contributed by atoms with Crippen molar-refractivity contribution in [3.8, 4) is 11.5 Å². The maximum Gasteiger partial charge on any atom is 0.266 e. The van der Waals surface area contributed by atoms with Crippen LogP contribution >= 0.6 is 23.2 Å². The molecule has 4 rings (SSSR count). The second-order valence-electron chi connectivity index (χ2n) is 5.66. The minimum absolute atomic E-state index is 0.260. The molecule has 6 heteroatoms. The number of hydrogen-bond acceptors (Lipinski definition) is 3. The van der Waals surface area contributed by atoms with Gasteiger partial charge in [0.1, 0.15) is 11.5 Å². The maximum atomic E-state index is 12.8. The van der Waals surface area contributed by atoms with Crippen LogP contribution in [0.25, 0.3) is 0 Å². The van der Waals surface area contributed by atoms with Crippen molar-refractivity contribution in [2.45, 2.75) is 0 Å². The summed E-state index contributed by atoms with van der Waals surface area (Å²) in [6.45, 7) is 0. The van der Waals surface area contributed by atoms with Crippen molar-refractivity contribution in [1.82, 2.24) is 0 Å². The molecule has 0 fully saturated rings. The number of carbonyl (C=O) groups excluding carboxylic acids is 2. The Balaban J connectivity index is 1.71. The van der Waals surface area contributed by atoms with Gasteiger partial charge in [-0.3, -0.25) is 9.59 Å². The van der Waals surface area contributed by atoms with Crippen molar-refractivity contribution >= 4 is 40.7 Å². The average molecular weight is 384 g/mol. The van der Waals surface area contributed by atoms with E-state index < -0.39 is 11.8 Å².